The first-order valence-electron chi connectivity index (χ1n) is 6.06. The van der Waals surface area contributed by atoms with E-state index in [1.807, 2.05) is 0 Å². The SMILES string of the molecule is CN(C)c1ncc(NS(=O)(=O)c2cccc([N+](=O)[O-])c2)cn1. The molecule has 1 heterocycles. The molecule has 0 fully saturated rings. The highest BCUT2D eigenvalue weighted by Crippen LogP contribution is 2.20. The van der Waals surface area contributed by atoms with Crippen molar-refractivity contribution in [1.29, 1.82) is 0 Å². The number of anilines is 2. The molecule has 0 bridgehead atoms. The third kappa shape index (κ3) is 3.47. The van der Waals surface area contributed by atoms with E-state index >= 15 is 0 Å². The summed E-state index contributed by atoms with van der Waals surface area (Å²) in [6.07, 6.45) is 2.63. The Balaban J connectivity index is 2.27. The highest BCUT2D eigenvalue weighted by Gasteiger charge is 2.18. The van der Waals surface area contributed by atoms with E-state index in [2.05, 4.69) is 14.7 Å². The molecule has 0 saturated carbocycles. The van der Waals surface area contributed by atoms with Crippen molar-refractivity contribution >= 4 is 27.3 Å². The van der Waals surface area contributed by atoms with Crippen molar-refractivity contribution in [2.75, 3.05) is 23.7 Å². The van der Waals surface area contributed by atoms with Crippen molar-refractivity contribution in [2.45, 2.75) is 4.90 Å². The van der Waals surface area contributed by atoms with Crippen LogP contribution in [0.25, 0.3) is 0 Å². The minimum Gasteiger partial charge on any atom is -0.347 e. The molecule has 0 unspecified atom stereocenters. The first-order chi connectivity index (χ1) is 10.3. The monoisotopic (exact) mass is 323 g/mol. The number of nitro groups is 1. The number of non-ortho nitro benzene ring substituents is 1. The Hall–Kier alpha value is -2.75. The predicted octanol–water partition coefficient (Wildman–Crippen LogP) is 1.25. The second-order valence-electron chi connectivity index (χ2n) is 4.53. The van der Waals surface area contributed by atoms with E-state index in [1.54, 1.807) is 19.0 Å². The van der Waals surface area contributed by atoms with E-state index in [0.29, 0.717) is 5.95 Å². The summed E-state index contributed by atoms with van der Waals surface area (Å²) in [5, 5.41) is 10.7. The van der Waals surface area contributed by atoms with Gasteiger partial charge in [0.1, 0.15) is 0 Å². The molecule has 9 nitrogen and oxygen atoms in total. The van der Waals surface area contributed by atoms with E-state index in [1.165, 1.54) is 30.6 Å². The molecule has 0 radical (unpaired) electrons. The zero-order valence-corrected chi connectivity index (χ0v) is 12.6. The fourth-order valence-corrected chi connectivity index (χ4v) is 2.65. The molecular formula is C12H13N5O4S. The van der Waals surface area contributed by atoms with Crippen molar-refractivity contribution in [3.05, 3.63) is 46.8 Å². The predicted molar refractivity (Wildman–Crippen MR) is 80.3 cm³/mol. The third-order valence-corrected chi connectivity index (χ3v) is 4.01. The summed E-state index contributed by atoms with van der Waals surface area (Å²) in [6, 6.07) is 4.77. The van der Waals surface area contributed by atoms with Crippen LogP contribution in [0.15, 0.2) is 41.6 Å². The van der Waals surface area contributed by atoms with Gasteiger partial charge in [-0.15, -0.1) is 0 Å². The maximum Gasteiger partial charge on any atom is 0.270 e. The van der Waals surface area contributed by atoms with Crippen molar-refractivity contribution in [1.82, 2.24) is 9.97 Å². The first kappa shape index (κ1) is 15.6. The largest absolute Gasteiger partial charge is 0.347 e. The molecule has 2 aromatic rings. The van der Waals surface area contributed by atoms with Crippen molar-refractivity contribution < 1.29 is 13.3 Å². The standard InChI is InChI=1S/C12H13N5O4S/c1-16(2)12-13-7-9(8-14-12)15-22(20,21)11-5-3-4-10(6-11)17(18)19/h3-8,15H,1-2H3. The summed E-state index contributed by atoms with van der Waals surface area (Å²) in [7, 11) is -0.446. The van der Waals surface area contributed by atoms with Gasteiger partial charge in [0, 0.05) is 26.2 Å². The van der Waals surface area contributed by atoms with Gasteiger partial charge in [-0.25, -0.2) is 18.4 Å². The second kappa shape index (κ2) is 5.93. The summed E-state index contributed by atoms with van der Waals surface area (Å²) in [5.74, 6) is 0.429. The van der Waals surface area contributed by atoms with Crippen molar-refractivity contribution in [2.24, 2.45) is 0 Å². The molecule has 1 aromatic heterocycles. The van der Waals surface area contributed by atoms with Crippen LogP contribution in [-0.2, 0) is 10.0 Å². The molecule has 1 aromatic carbocycles. The number of aromatic nitrogens is 2. The number of hydrogen-bond acceptors (Lipinski definition) is 7. The van der Waals surface area contributed by atoms with Gasteiger partial charge in [-0.3, -0.25) is 14.8 Å². The van der Waals surface area contributed by atoms with E-state index in [-0.39, 0.29) is 16.3 Å². The molecular weight excluding hydrogens is 310 g/mol. The molecule has 2 rings (SSSR count). The Labute approximate surface area is 126 Å². The van der Waals surface area contributed by atoms with Crippen LogP contribution in [0.3, 0.4) is 0 Å². The first-order valence-corrected chi connectivity index (χ1v) is 7.54. The number of nitrogens with one attached hydrogen (secondary N) is 1. The minimum atomic E-state index is -3.95. The van der Waals surface area contributed by atoms with Crippen LogP contribution in [0.4, 0.5) is 17.3 Å². The summed E-state index contributed by atoms with van der Waals surface area (Å²) >= 11 is 0. The molecule has 0 amide bonds. The van der Waals surface area contributed by atoms with Crippen molar-refractivity contribution in [3.63, 3.8) is 0 Å². The molecule has 0 saturated heterocycles. The Morgan fingerprint density at radius 1 is 1.23 bits per heavy atom. The van der Waals surface area contributed by atoms with Gasteiger partial charge in [0.15, 0.2) is 0 Å². The molecule has 0 aliphatic heterocycles. The number of hydrogen-bond donors (Lipinski definition) is 1. The van der Waals surface area contributed by atoms with Crippen LogP contribution in [0.2, 0.25) is 0 Å². The third-order valence-electron chi connectivity index (χ3n) is 2.63. The number of nitrogens with zero attached hydrogens (tertiary/aromatic N) is 4. The van der Waals surface area contributed by atoms with E-state index in [9.17, 15) is 18.5 Å². The quantitative estimate of drug-likeness (QED) is 0.649. The number of nitro benzene ring substituents is 1. The molecule has 0 aliphatic carbocycles. The summed E-state index contributed by atoms with van der Waals surface area (Å²) in [6.45, 7) is 0. The van der Waals surface area contributed by atoms with Gasteiger partial charge in [-0.2, -0.15) is 0 Å². The Kier molecular flexibility index (Phi) is 4.22. The molecule has 0 atom stereocenters. The van der Waals surface area contributed by atoms with E-state index < -0.39 is 14.9 Å². The van der Waals surface area contributed by atoms with Crippen LogP contribution >= 0.6 is 0 Å². The van der Waals surface area contributed by atoms with Crippen LogP contribution in [-0.4, -0.2) is 37.4 Å². The van der Waals surface area contributed by atoms with Crippen LogP contribution in [0.1, 0.15) is 0 Å². The normalized spacial score (nSPS) is 11.0. The molecule has 1 N–H and O–H groups in total. The molecule has 0 spiro atoms. The fraction of sp³-hybridized carbons (Fsp3) is 0.167. The van der Waals surface area contributed by atoms with Crippen molar-refractivity contribution in [3.8, 4) is 0 Å². The van der Waals surface area contributed by atoms with Gasteiger partial charge >= 0.3 is 0 Å². The van der Waals surface area contributed by atoms with Gasteiger partial charge < -0.3 is 4.90 Å². The molecule has 10 heteroatoms. The van der Waals surface area contributed by atoms with Gasteiger partial charge in [-0.1, -0.05) is 6.07 Å². The van der Waals surface area contributed by atoms with Gasteiger partial charge in [0.25, 0.3) is 15.7 Å². The van der Waals surface area contributed by atoms with Crippen LogP contribution in [0.5, 0.6) is 0 Å². The number of benzene rings is 1. The zero-order valence-electron chi connectivity index (χ0n) is 11.8. The minimum absolute atomic E-state index is 0.164. The lowest BCUT2D eigenvalue weighted by atomic mass is 10.3. The maximum atomic E-state index is 12.2. The lowest BCUT2D eigenvalue weighted by Crippen LogP contribution is -2.15. The van der Waals surface area contributed by atoms with Crippen LogP contribution < -0.4 is 9.62 Å². The highest BCUT2D eigenvalue weighted by molar-refractivity contribution is 7.92. The Morgan fingerprint density at radius 3 is 2.41 bits per heavy atom. The lowest BCUT2D eigenvalue weighted by Gasteiger charge is -2.11. The summed E-state index contributed by atoms with van der Waals surface area (Å²) in [5.41, 5.74) is -0.140. The average molecular weight is 323 g/mol. The highest BCUT2D eigenvalue weighted by atomic mass is 32.2. The molecule has 0 aliphatic rings. The maximum absolute atomic E-state index is 12.2. The molecule has 22 heavy (non-hydrogen) atoms. The smallest absolute Gasteiger partial charge is 0.270 e. The zero-order chi connectivity index (χ0) is 16.3. The number of rotatable bonds is 5. The van der Waals surface area contributed by atoms with E-state index in [4.69, 9.17) is 0 Å². The van der Waals surface area contributed by atoms with Gasteiger partial charge in [0.2, 0.25) is 5.95 Å². The fourth-order valence-electron chi connectivity index (χ4n) is 1.58. The average Bonchev–Trinajstić information content (AvgIpc) is 2.47. The Bertz CT molecular complexity index is 789. The van der Waals surface area contributed by atoms with Gasteiger partial charge in [-0.05, 0) is 6.07 Å². The topological polar surface area (TPSA) is 118 Å². The lowest BCUT2D eigenvalue weighted by molar-refractivity contribution is -0.385. The number of sulfonamides is 1. The molecule has 116 valence electrons. The van der Waals surface area contributed by atoms with Crippen LogP contribution in [0, 0.1) is 10.1 Å². The van der Waals surface area contributed by atoms with Gasteiger partial charge in [0.05, 0.1) is 27.9 Å². The van der Waals surface area contributed by atoms with E-state index in [0.717, 1.165) is 6.07 Å². The summed E-state index contributed by atoms with van der Waals surface area (Å²) < 4.78 is 26.7. The summed E-state index contributed by atoms with van der Waals surface area (Å²) in [4.78, 5) is 19.5. The second-order valence-corrected chi connectivity index (χ2v) is 6.21. The Morgan fingerprint density at radius 2 is 1.86 bits per heavy atom.